The highest BCUT2D eigenvalue weighted by molar-refractivity contribution is 6.19. The van der Waals surface area contributed by atoms with Gasteiger partial charge in [-0.15, -0.1) is 0 Å². The van der Waals surface area contributed by atoms with E-state index >= 15 is 0 Å². The molecule has 1 aromatic carbocycles. The molecule has 0 N–H and O–H groups in total. The van der Waals surface area contributed by atoms with E-state index in [-0.39, 0.29) is 11.3 Å². The van der Waals surface area contributed by atoms with Crippen LogP contribution in [-0.2, 0) is 19.1 Å². The summed E-state index contributed by atoms with van der Waals surface area (Å²) in [4.78, 5) is 34.7. The maximum Gasteiger partial charge on any atom is 0.348 e. The summed E-state index contributed by atoms with van der Waals surface area (Å²) in [5, 5.41) is 22.8. The number of methoxy groups -OCH3 is 1. The van der Waals surface area contributed by atoms with E-state index in [1.807, 2.05) is 0 Å². The summed E-state index contributed by atoms with van der Waals surface area (Å²) in [7, 11) is 1.18. The van der Waals surface area contributed by atoms with E-state index in [0.717, 1.165) is 12.1 Å². The van der Waals surface area contributed by atoms with Crippen LogP contribution in [0.5, 0.6) is 11.5 Å². The summed E-state index contributed by atoms with van der Waals surface area (Å²) in [5.74, 6) is -4.50. The number of hydrogen-bond acceptors (Lipinski definition) is 8. The van der Waals surface area contributed by atoms with Crippen molar-refractivity contribution in [1.29, 1.82) is 0 Å². The van der Waals surface area contributed by atoms with Gasteiger partial charge in [0, 0.05) is 24.2 Å². The normalized spacial score (nSPS) is 20.3. The van der Waals surface area contributed by atoms with Crippen molar-refractivity contribution in [3.63, 3.8) is 0 Å². The summed E-state index contributed by atoms with van der Waals surface area (Å²) in [6, 6.07) is 2.12. The minimum absolute atomic E-state index is 0.0522. The number of carbonyl (C=O) groups excluding carboxylic acids is 2. The molecular weight excluding hydrogens is 346 g/mol. The molecule has 140 valence electrons. The number of nitro benzene ring substituents is 1. The van der Waals surface area contributed by atoms with E-state index < -0.39 is 45.1 Å². The lowest BCUT2D eigenvalue weighted by Crippen LogP contribution is -2.52. The van der Waals surface area contributed by atoms with Gasteiger partial charge in [0.2, 0.25) is 0 Å². The smallest absolute Gasteiger partial charge is 0.348 e. The highest BCUT2D eigenvalue weighted by atomic mass is 16.7. The molecule has 0 unspecified atom stereocenters. The molecule has 0 spiro atoms. The molecule has 1 heterocycles. The first kappa shape index (κ1) is 19.2. The van der Waals surface area contributed by atoms with Crippen LogP contribution in [0.25, 0.3) is 6.08 Å². The number of benzene rings is 1. The Bertz CT molecular complexity index is 799. The molecule has 9 heteroatoms. The molecule has 0 radical (unpaired) electrons. The Morgan fingerprint density at radius 2 is 1.73 bits per heavy atom. The highest BCUT2D eigenvalue weighted by Crippen LogP contribution is 2.40. The van der Waals surface area contributed by atoms with Gasteiger partial charge in [0.05, 0.1) is 12.0 Å². The van der Waals surface area contributed by atoms with Gasteiger partial charge in [-0.05, 0) is 17.7 Å². The molecule has 1 aliphatic rings. The van der Waals surface area contributed by atoms with Crippen molar-refractivity contribution in [2.75, 3.05) is 7.11 Å². The second-order valence-corrected chi connectivity index (χ2v) is 6.86. The Kier molecular flexibility index (Phi) is 4.68. The minimum Gasteiger partial charge on any atom is -0.865 e. The van der Waals surface area contributed by atoms with Crippen molar-refractivity contribution in [1.82, 2.24) is 0 Å². The standard InChI is InChI=1S/C17H19NO8/c1-16(2,3)17(4)25-14(20)10(15(21)26-17)6-9-7-11(18(22)23)13(19)12(8-9)24-5/h6-8,19H,1-5H3/p-1. The first-order valence-electron chi connectivity index (χ1n) is 7.61. The van der Waals surface area contributed by atoms with Gasteiger partial charge in [0.15, 0.2) is 0 Å². The van der Waals surface area contributed by atoms with Gasteiger partial charge in [-0.25, -0.2) is 9.59 Å². The van der Waals surface area contributed by atoms with E-state index in [2.05, 4.69) is 0 Å². The average molecular weight is 364 g/mol. The fourth-order valence-corrected chi connectivity index (χ4v) is 2.14. The molecule has 1 fully saturated rings. The summed E-state index contributed by atoms with van der Waals surface area (Å²) >= 11 is 0. The average Bonchev–Trinajstić information content (AvgIpc) is 2.50. The highest BCUT2D eigenvalue weighted by Gasteiger charge is 2.50. The van der Waals surface area contributed by atoms with Crippen molar-refractivity contribution in [3.8, 4) is 11.5 Å². The Morgan fingerprint density at radius 3 is 2.15 bits per heavy atom. The van der Waals surface area contributed by atoms with Crippen LogP contribution in [-0.4, -0.2) is 29.8 Å². The number of rotatable bonds is 3. The zero-order chi connectivity index (χ0) is 19.9. The molecule has 9 nitrogen and oxygen atoms in total. The maximum atomic E-state index is 12.3. The van der Waals surface area contributed by atoms with Crippen molar-refractivity contribution in [3.05, 3.63) is 33.4 Å². The number of nitrogens with zero attached hydrogens (tertiary/aromatic N) is 1. The Morgan fingerprint density at radius 1 is 1.19 bits per heavy atom. The number of carbonyl (C=O) groups is 2. The Balaban J connectivity index is 2.48. The predicted octanol–water partition coefficient (Wildman–Crippen LogP) is 1.92. The van der Waals surface area contributed by atoms with Crippen LogP contribution in [0.3, 0.4) is 0 Å². The van der Waals surface area contributed by atoms with E-state index in [1.165, 1.54) is 20.1 Å². The van der Waals surface area contributed by atoms with Crippen molar-refractivity contribution >= 4 is 23.7 Å². The number of hydrogen-bond donors (Lipinski definition) is 0. The van der Waals surface area contributed by atoms with Crippen LogP contribution in [0.15, 0.2) is 17.7 Å². The van der Waals surface area contributed by atoms with Crippen LogP contribution >= 0.6 is 0 Å². The Labute approximate surface area is 149 Å². The van der Waals surface area contributed by atoms with Crippen LogP contribution in [0, 0.1) is 15.5 Å². The molecule has 0 amide bonds. The lowest BCUT2D eigenvalue weighted by molar-refractivity contribution is -0.398. The first-order valence-corrected chi connectivity index (χ1v) is 7.61. The largest absolute Gasteiger partial charge is 0.865 e. The van der Waals surface area contributed by atoms with Gasteiger partial charge in [-0.1, -0.05) is 20.8 Å². The molecule has 0 saturated carbocycles. The van der Waals surface area contributed by atoms with Gasteiger partial charge in [0.1, 0.15) is 11.3 Å². The zero-order valence-electron chi connectivity index (χ0n) is 14.9. The lowest BCUT2D eigenvalue weighted by atomic mass is 9.85. The van der Waals surface area contributed by atoms with Crippen molar-refractivity contribution in [2.45, 2.75) is 33.5 Å². The number of cyclic esters (lactones) is 2. The summed E-state index contributed by atoms with van der Waals surface area (Å²) in [6.45, 7) is 6.69. The quantitative estimate of drug-likeness (QED) is 0.262. The number of esters is 2. The molecule has 26 heavy (non-hydrogen) atoms. The van der Waals surface area contributed by atoms with Crippen LogP contribution in [0.1, 0.15) is 33.3 Å². The zero-order valence-corrected chi connectivity index (χ0v) is 14.9. The lowest BCUT2D eigenvalue weighted by Gasteiger charge is -2.42. The SMILES string of the molecule is COc1cc(C=C2C(=O)OC(C)(C(C)(C)C)OC2=O)cc([N+](=O)[O-])c1[O-]. The summed E-state index contributed by atoms with van der Waals surface area (Å²) in [5.41, 5.74) is -1.80. The van der Waals surface area contributed by atoms with E-state index in [1.54, 1.807) is 20.8 Å². The summed E-state index contributed by atoms with van der Waals surface area (Å²) < 4.78 is 15.4. The van der Waals surface area contributed by atoms with E-state index in [4.69, 9.17) is 14.2 Å². The van der Waals surface area contributed by atoms with Crippen LogP contribution in [0.2, 0.25) is 0 Å². The van der Waals surface area contributed by atoms with Crippen molar-refractivity contribution < 1.29 is 33.8 Å². The molecule has 1 aromatic rings. The van der Waals surface area contributed by atoms with Gasteiger partial charge in [0.25, 0.3) is 11.5 Å². The van der Waals surface area contributed by atoms with Crippen LogP contribution in [0.4, 0.5) is 5.69 Å². The third-order valence-electron chi connectivity index (χ3n) is 4.16. The number of nitro groups is 1. The molecule has 0 aliphatic carbocycles. The van der Waals surface area contributed by atoms with E-state index in [0.29, 0.717) is 0 Å². The second kappa shape index (κ2) is 6.32. The molecular formula is C17H18NO8-. The Hall–Kier alpha value is -3.10. The summed E-state index contributed by atoms with van der Waals surface area (Å²) in [6.07, 6.45) is 1.06. The maximum absolute atomic E-state index is 12.3. The first-order chi connectivity index (χ1) is 11.9. The molecule has 1 aliphatic heterocycles. The van der Waals surface area contributed by atoms with Gasteiger partial charge >= 0.3 is 11.9 Å². The van der Waals surface area contributed by atoms with Gasteiger partial charge in [-0.3, -0.25) is 10.1 Å². The monoisotopic (exact) mass is 364 g/mol. The van der Waals surface area contributed by atoms with Crippen molar-refractivity contribution in [2.24, 2.45) is 5.41 Å². The molecule has 0 bridgehead atoms. The molecule has 0 aromatic heterocycles. The molecule has 2 rings (SSSR count). The third-order valence-corrected chi connectivity index (χ3v) is 4.16. The van der Waals surface area contributed by atoms with Gasteiger partial charge in [-0.2, -0.15) is 0 Å². The van der Waals surface area contributed by atoms with Gasteiger partial charge < -0.3 is 19.3 Å². The minimum atomic E-state index is -1.46. The topological polar surface area (TPSA) is 128 Å². The third kappa shape index (κ3) is 3.32. The second-order valence-electron chi connectivity index (χ2n) is 6.86. The fourth-order valence-electron chi connectivity index (χ4n) is 2.14. The van der Waals surface area contributed by atoms with E-state index in [9.17, 15) is 24.8 Å². The molecule has 1 saturated heterocycles. The van der Waals surface area contributed by atoms with Crippen LogP contribution < -0.4 is 9.84 Å². The fraction of sp³-hybridized carbons (Fsp3) is 0.412. The molecule has 0 atom stereocenters. The predicted molar refractivity (Wildman–Crippen MR) is 87.1 cm³/mol. The number of ether oxygens (including phenoxy) is 3.